The largest absolute Gasteiger partial charge is 0.478 e. The van der Waals surface area contributed by atoms with E-state index in [2.05, 4.69) is 9.88 Å². The summed E-state index contributed by atoms with van der Waals surface area (Å²) in [7, 11) is 0. The number of aromatic nitrogens is 1. The van der Waals surface area contributed by atoms with Crippen LogP contribution in [0.2, 0.25) is 0 Å². The lowest BCUT2D eigenvalue weighted by molar-refractivity contribution is 0.0682. The molecule has 1 atom stereocenters. The van der Waals surface area contributed by atoms with E-state index in [1.54, 1.807) is 18.2 Å². The molecule has 0 aliphatic carbocycles. The van der Waals surface area contributed by atoms with E-state index in [1.807, 2.05) is 18.2 Å². The molecule has 25 heavy (non-hydrogen) atoms. The highest BCUT2D eigenvalue weighted by molar-refractivity contribution is 5.87. The molecule has 6 nitrogen and oxygen atoms in total. The van der Waals surface area contributed by atoms with Gasteiger partial charge in [0, 0.05) is 13.1 Å². The van der Waals surface area contributed by atoms with E-state index >= 15 is 0 Å². The van der Waals surface area contributed by atoms with Crippen molar-refractivity contribution in [2.24, 2.45) is 0 Å². The first-order chi connectivity index (χ1) is 12.0. The number of nitrogens with zero attached hydrogens (tertiary/aromatic N) is 2. The zero-order valence-corrected chi connectivity index (χ0v) is 13.8. The minimum absolute atomic E-state index is 0.0651. The van der Waals surface area contributed by atoms with Crippen LogP contribution in [0.3, 0.4) is 0 Å². The number of pyridine rings is 1. The molecule has 2 heterocycles. The summed E-state index contributed by atoms with van der Waals surface area (Å²) in [4.78, 5) is 28.5. The van der Waals surface area contributed by atoms with Crippen LogP contribution in [-0.2, 0) is 6.54 Å². The highest BCUT2D eigenvalue weighted by Gasteiger charge is 2.22. The van der Waals surface area contributed by atoms with Crippen LogP contribution in [0, 0.1) is 0 Å². The van der Waals surface area contributed by atoms with E-state index in [9.17, 15) is 9.59 Å². The number of carbonyl (C=O) groups is 2. The summed E-state index contributed by atoms with van der Waals surface area (Å²) in [6, 6.07) is 12.1. The van der Waals surface area contributed by atoms with Crippen molar-refractivity contribution in [3.8, 4) is 0 Å². The van der Waals surface area contributed by atoms with E-state index < -0.39 is 11.9 Å². The monoisotopic (exact) mass is 340 g/mol. The van der Waals surface area contributed by atoms with Gasteiger partial charge < -0.3 is 10.2 Å². The Morgan fingerprint density at radius 1 is 1.08 bits per heavy atom. The van der Waals surface area contributed by atoms with E-state index in [0.29, 0.717) is 18.0 Å². The van der Waals surface area contributed by atoms with Gasteiger partial charge in [-0.25, -0.2) is 14.6 Å². The lowest BCUT2D eigenvalue weighted by Crippen LogP contribution is -2.34. The zero-order chi connectivity index (χ0) is 17.8. The minimum atomic E-state index is -1.02. The van der Waals surface area contributed by atoms with Gasteiger partial charge >= 0.3 is 11.9 Å². The van der Waals surface area contributed by atoms with Gasteiger partial charge in [-0.2, -0.15) is 0 Å². The van der Waals surface area contributed by atoms with Gasteiger partial charge in [0.15, 0.2) is 0 Å². The van der Waals surface area contributed by atoms with Crippen LogP contribution in [0.15, 0.2) is 42.5 Å². The van der Waals surface area contributed by atoms with Crippen LogP contribution in [0.5, 0.6) is 0 Å². The summed E-state index contributed by atoms with van der Waals surface area (Å²) in [6.07, 6.45) is 2.11. The molecule has 1 aliphatic heterocycles. The van der Waals surface area contributed by atoms with Crippen LogP contribution in [0.4, 0.5) is 0 Å². The topological polar surface area (TPSA) is 90.7 Å². The average molecular weight is 340 g/mol. The molecule has 0 radical (unpaired) electrons. The van der Waals surface area contributed by atoms with Crippen molar-refractivity contribution in [1.29, 1.82) is 0 Å². The first-order valence-electron chi connectivity index (χ1n) is 8.28. The second kappa shape index (κ2) is 7.44. The summed E-state index contributed by atoms with van der Waals surface area (Å²) in [5, 5.41) is 18.0. The number of carboxylic acids is 2. The van der Waals surface area contributed by atoms with Crippen molar-refractivity contribution in [3.63, 3.8) is 0 Å². The number of carboxylic acid groups (broad SMARTS) is 2. The Kier molecular flexibility index (Phi) is 5.09. The molecule has 1 saturated heterocycles. The van der Waals surface area contributed by atoms with Gasteiger partial charge in [-0.05, 0) is 55.1 Å². The first-order valence-corrected chi connectivity index (χ1v) is 8.28. The molecule has 0 spiro atoms. The summed E-state index contributed by atoms with van der Waals surface area (Å²) < 4.78 is 0. The molecule has 1 aliphatic rings. The summed E-state index contributed by atoms with van der Waals surface area (Å²) in [6.45, 7) is 2.42. The molecular formula is C19H20N2O4. The fourth-order valence-electron chi connectivity index (χ4n) is 3.28. The Bertz CT molecular complexity index is 773. The molecule has 0 amide bonds. The third kappa shape index (κ3) is 4.22. The Balaban J connectivity index is 1.67. The van der Waals surface area contributed by atoms with Gasteiger partial charge in [-0.1, -0.05) is 18.2 Å². The summed E-state index contributed by atoms with van der Waals surface area (Å²) in [5.41, 5.74) is 2.25. The third-order valence-electron chi connectivity index (χ3n) is 4.55. The average Bonchev–Trinajstić information content (AvgIpc) is 2.62. The van der Waals surface area contributed by atoms with Crippen molar-refractivity contribution in [3.05, 3.63) is 65.0 Å². The minimum Gasteiger partial charge on any atom is -0.478 e. The van der Waals surface area contributed by atoms with Gasteiger partial charge in [-0.3, -0.25) is 4.90 Å². The molecular weight excluding hydrogens is 320 g/mol. The van der Waals surface area contributed by atoms with E-state index in [4.69, 9.17) is 10.2 Å². The van der Waals surface area contributed by atoms with E-state index in [1.165, 1.54) is 6.07 Å². The van der Waals surface area contributed by atoms with Crippen LogP contribution in [0.1, 0.15) is 50.9 Å². The predicted molar refractivity (Wildman–Crippen MR) is 91.8 cm³/mol. The number of likely N-dealkylation sites (tertiary alicyclic amines) is 1. The van der Waals surface area contributed by atoms with Crippen LogP contribution in [0.25, 0.3) is 0 Å². The lowest BCUT2D eigenvalue weighted by atomic mass is 9.90. The van der Waals surface area contributed by atoms with Gasteiger partial charge in [0.25, 0.3) is 0 Å². The van der Waals surface area contributed by atoms with Crippen LogP contribution in [-0.4, -0.2) is 45.1 Å². The van der Waals surface area contributed by atoms with Crippen molar-refractivity contribution in [1.82, 2.24) is 9.88 Å². The molecule has 1 aromatic carbocycles. The van der Waals surface area contributed by atoms with Gasteiger partial charge in [0.2, 0.25) is 0 Å². The fraction of sp³-hybridized carbons (Fsp3) is 0.316. The summed E-state index contributed by atoms with van der Waals surface area (Å²) in [5.74, 6) is -1.59. The van der Waals surface area contributed by atoms with Crippen molar-refractivity contribution < 1.29 is 19.8 Å². The van der Waals surface area contributed by atoms with Crippen molar-refractivity contribution in [2.75, 3.05) is 13.1 Å². The maximum Gasteiger partial charge on any atom is 0.354 e. The molecule has 6 heteroatoms. The molecule has 0 bridgehead atoms. The molecule has 2 N–H and O–H groups in total. The number of rotatable bonds is 5. The van der Waals surface area contributed by atoms with Crippen LogP contribution >= 0.6 is 0 Å². The number of benzene rings is 1. The van der Waals surface area contributed by atoms with Crippen molar-refractivity contribution >= 4 is 11.9 Å². The Labute approximate surface area is 145 Å². The van der Waals surface area contributed by atoms with Gasteiger partial charge in [0.1, 0.15) is 5.69 Å². The fourth-order valence-corrected chi connectivity index (χ4v) is 3.28. The standard InChI is InChI=1S/C19H20N2O4/c22-18(23)14-8-6-13(7-9-14)15-3-2-10-21(11-15)12-16-4-1-5-17(20-16)19(24)25/h1,4-9,15H,2-3,10-12H2,(H,22,23)(H,24,25)/t15-/m0/s1. The predicted octanol–water partition coefficient (Wildman–Crippen LogP) is 2.86. The van der Waals surface area contributed by atoms with Gasteiger partial charge in [-0.15, -0.1) is 0 Å². The normalized spacial score (nSPS) is 18.0. The maximum absolute atomic E-state index is 11.0. The maximum atomic E-state index is 11.0. The van der Waals surface area contributed by atoms with E-state index in [-0.39, 0.29) is 5.69 Å². The molecule has 2 aromatic rings. The van der Waals surface area contributed by atoms with Gasteiger partial charge in [0.05, 0.1) is 11.3 Å². The molecule has 130 valence electrons. The molecule has 1 fully saturated rings. The smallest absolute Gasteiger partial charge is 0.354 e. The third-order valence-corrected chi connectivity index (χ3v) is 4.55. The Morgan fingerprint density at radius 3 is 2.52 bits per heavy atom. The second-order valence-corrected chi connectivity index (χ2v) is 6.32. The second-order valence-electron chi connectivity index (χ2n) is 6.32. The zero-order valence-electron chi connectivity index (χ0n) is 13.8. The first kappa shape index (κ1) is 17.1. The van der Waals surface area contributed by atoms with Crippen LogP contribution < -0.4 is 0 Å². The lowest BCUT2D eigenvalue weighted by Gasteiger charge is -2.32. The van der Waals surface area contributed by atoms with E-state index in [0.717, 1.165) is 37.2 Å². The number of hydrogen-bond donors (Lipinski definition) is 2. The molecule has 0 saturated carbocycles. The highest BCUT2D eigenvalue weighted by atomic mass is 16.4. The summed E-state index contributed by atoms with van der Waals surface area (Å²) >= 11 is 0. The number of aromatic carboxylic acids is 2. The van der Waals surface area contributed by atoms with Crippen molar-refractivity contribution in [2.45, 2.75) is 25.3 Å². The molecule has 0 unspecified atom stereocenters. The molecule has 1 aromatic heterocycles. The molecule has 3 rings (SSSR count). The Morgan fingerprint density at radius 2 is 1.84 bits per heavy atom. The quantitative estimate of drug-likeness (QED) is 0.870. The highest BCUT2D eigenvalue weighted by Crippen LogP contribution is 2.27. The SMILES string of the molecule is O=C(O)c1ccc([C@H]2CCCN(Cc3cccc(C(=O)O)n3)C2)cc1. The Hall–Kier alpha value is -2.73. The number of hydrogen-bond acceptors (Lipinski definition) is 4. The number of piperidine rings is 1.